The third kappa shape index (κ3) is 11.3. The summed E-state index contributed by atoms with van der Waals surface area (Å²) in [7, 11) is 0. The Balaban J connectivity index is 3.27. The van der Waals surface area contributed by atoms with E-state index in [0.29, 0.717) is 12.3 Å². The lowest BCUT2D eigenvalue weighted by Gasteiger charge is -2.03. The third-order valence-electron chi connectivity index (χ3n) is 2.40. The van der Waals surface area contributed by atoms with Crippen molar-refractivity contribution in [1.29, 1.82) is 0 Å². The van der Waals surface area contributed by atoms with E-state index in [1.165, 1.54) is 0 Å². The lowest BCUT2D eigenvalue weighted by atomic mass is 10.1. The molecule has 0 aromatic heterocycles. The third-order valence-corrected chi connectivity index (χ3v) is 2.40. The van der Waals surface area contributed by atoms with Gasteiger partial charge in [0.1, 0.15) is 0 Å². The average molecular weight is 225 g/mol. The Morgan fingerprint density at radius 3 is 2.62 bits per heavy atom. The molecule has 0 spiro atoms. The molecule has 94 valence electrons. The quantitative estimate of drug-likeness (QED) is 0.471. The van der Waals surface area contributed by atoms with Gasteiger partial charge >= 0.3 is 0 Å². The Kier molecular flexibility index (Phi) is 10.2. The Bertz CT molecular complexity index is 197. The van der Waals surface area contributed by atoms with E-state index in [9.17, 15) is 4.79 Å². The minimum absolute atomic E-state index is 0.210. The lowest BCUT2D eigenvalue weighted by Crippen LogP contribution is -2.23. The number of hydrogen-bond donors (Lipinski definition) is 1. The highest BCUT2D eigenvalue weighted by molar-refractivity contribution is 5.75. The van der Waals surface area contributed by atoms with Crippen LogP contribution in [0.15, 0.2) is 12.2 Å². The van der Waals surface area contributed by atoms with E-state index in [2.05, 4.69) is 38.2 Å². The van der Waals surface area contributed by atoms with Gasteiger partial charge in [-0.05, 0) is 31.6 Å². The van der Waals surface area contributed by atoms with Crippen LogP contribution in [0.25, 0.3) is 0 Å². The molecule has 0 aliphatic rings. The number of allylic oxidation sites excluding steroid dienone is 2. The highest BCUT2D eigenvalue weighted by Gasteiger charge is 1.98. The van der Waals surface area contributed by atoms with Crippen molar-refractivity contribution in [3.05, 3.63) is 12.2 Å². The van der Waals surface area contributed by atoms with E-state index >= 15 is 0 Å². The van der Waals surface area contributed by atoms with Crippen molar-refractivity contribution in [2.45, 2.75) is 59.3 Å². The molecule has 0 rings (SSSR count). The van der Waals surface area contributed by atoms with Gasteiger partial charge in [-0.15, -0.1) is 0 Å². The monoisotopic (exact) mass is 225 g/mol. The summed E-state index contributed by atoms with van der Waals surface area (Å²) in [5.41, 5.74) is 0. The van der Waals surface area contributed by atoms with Crippen molar-refractivity contribution < 1.29 is 4.79 Å². The van der Waals surface area contributed by atoms with Crippen molar-refractivity contribution in [3.8, 4) is 0 Å². The molecule has 0 saturated carbocycles. The second-order valence-electron chi connectivity index (χ2n) is 4.62. The van der Waals surface area contributed by atoms with Crippen LogP contribution in [0.1, 0.15) is 59.3 Å². The first-order valence-electron chi connectivity index (χ1n) is 6.60. The minimum Gasteiger partial charge on any atom is -0.356 e. The van der Waals surface area contributed by atoms with Gasteiger partial charge in [-0.25, -0.2) is 0 Å². The van der Waals surface area contributed by atoms with E-state index in [-0.39, 0.29) is 5.91 Å². The maximum absolute atomic E-state index is 11.3. The van der Waals surface area contributed by atoms with Crippen LogP contribution in [0, 0.1) is 5.92 Å². The van der Waals surface area contributed by atoms with Crippen LogP contribution in [-0.4, -0.2) is 12.5 Å². The summed E-state index contributed by atoms with van der Waals surface area (Å²) >= 11 is 0. The molecule has 2 heteroatoms. The zero-order valence-electron chi connectivity index (χ0n) is 11.1. The minimum atomic E-state index is 0.210. The smallest absolute Gasteiger partial charge is 0.219 e. The molecule has 0 fully saturated rings. The van der Waals surface area contributed by atoms with Crippen molar-refractivity contribution in [2.24, 2.45) is 5.92 Å². The molecule has 0 bridgehead atoms. The molecular weight excluding hydrogens is 198 g/mol. The molecule has 0 heterocycles. The summed E-state index contributed by atoms with van der Waals surface area (Å²) in [6.07, 6.45) is 10.6. The predicted molar refractivity (Wildman–Crippen MR) is 70.4 cm³/mol. The maximum Gasteiger partial charge on any atom is 0.219 e. The van der Waals surface area contributed by atoms with E-state index in [1.807, 2.05) is 0 Å². The summed E-state index contributed by atoms with van der Waals surface area (Å²) in [4.78, 5) is 11.3. The molecule has 16 heavy (non-hydrogen) atoms. The second-order valence-corrected chi connectivity index (χ2v) is 4.62. The Labute approximate surface area is 101 Å². The van der Waals surface area contributed by atoms with Crippen LogP contribution >= 0.6 is 0 Å². The topological polar surface area (TPSA) is 29.1 Å². The predicted octanol–water partition coefficient (Wildman–Crippen LogP) is 3.68. The van der Waals surface area contributed by atoms with Crippen LogP contribution in [0.3, 0.4) is 0 Å². The van der Waals surface area contributed by atoms with E-state index < -0.39 is 0 Å². The van der Waals surface area contributed by atoms with Gasteiger partial charge in [0, 0.05) is 13.0 Å². The molecule has 0 saturated heterocycles. The molecule has 0 aliphatic carbocycles. The van der Waals surface area contributed by atoms with Crippen molar-refractivity contribution in [1.82, 2.24) is 5.32 Å². The number of nitrogens with one attached hydrogen (secondary N) is 1. The van der Waals surface area contributed by atoms with Gasteiger partial charge in [0.05, 0.1) is 0 Å². The van der Waals surface area contributed by atoms with Gasteiger partial charge in [-0.2, -0.15) is 0 Å². The fraction of sp³-hybridized carbons (Fsp3) is 0.786. The SMILES string of the molecule is CCCCNC(=O)CCCC/C=C/C(C)C. The van der Waals surface area contributed by atoms with Gasteiger partial charge in [-0.1, -0.05) is 39.3 Å². The van der Waals surface area contributed by atoms with Crippen LogP contribution in [0.2, 0.25) is 0 Å². The Morgan fingerprint density at radius 1 is 1.25 bits per heavy atom. The van der Waals surface area contributed by atoms with Crippen LogP contribution in [-0.2, 0) is 4.79 Å². The first kappa shape index (κ1) is 15.2. The lowest BCUT2D eigenvalue weighted by molar-refractivity contribution is -0.121. The summed E-state index contributed by atoms with van der Waals surface area (Å²) in [5, 5.41) is 2.94. The Morgan fingerprint density at radius 2 is 2.00 bits per heavy atom. The van der Waals surface area contributed by atoms with Gasteiger partial charge in [0.25, 0.3) is 0 Å². The highest BCUT2D eigenvalue weighted by Crippen LogP contribution is 2.03. The van der Waals surface area contributed by atoms with Gasteiger partial charge < -0.3 is 5.32 Å². The Hall–Kier alpha value is -0.790. The van der Waals surface area contributed by atoms with Crippen molar-refractivity contribution in [2.75, 3.05) is 6.54 Å². The van der Waals surface area contributed by atoms with Crippen molar-refractivity contribution >= 4 is 5.91 Å². The van der Waals surface area contributed by atoms with E-state index in [0.717, 1.165) is 38.6 Å². The molecule has 0 unspecified atom stereocenters. The van der Waals surface area contributed by atoms with E-state index in [4.69, 9.17) is 0 Å². The number of carbonyl (C=O) groups excluding carboxylic acids is 1. The van der Waals surface area contributed by atoms with Gasteiger partial charge in [-0.3, -0.25) is 4.79 Å². The molecule has 0 aliphatic heterocycles. The average Bonchev–Trinajstić information content (AvgIpc) is 2.23. The molecule has 2 nitrogen and oxygen atoms in total. The normalized spacial score (nSPS) is 11.2. The maximum atomic E-state index is 11.3. The van der Waals surface area contributed by atoms with Crippen LogP contribution in [0.5, 0.6) is 0 Å². The number of amides is 1. The zero-order chi connectivity index (χ0) is 12.2. The summed E-state index contributed by atoms with van der Waals surface area (Å²) in [5.74, 6) is 0.846. The number of unbranched alkanes of at least 4 members (excludes halogenated alkanes) is 3. The summed E-state index contributed by atoms with van der Waals surface area (Å²) < 4.78 is 0. The van der Waals surface area contributed by atoms with Crippen molar-refractivity contribution in [3.63, 3.8) is 0 Å². The fourth-order valence-electron chi connectivity index (χ4n) is 1.41. The molecule has 0 atom stereocenters. The molecular formula is C14H27NO. The second kappa shape index (κ2) is 10.7. The summed E-state index contributed by atoms with van der Waals surface area (Å²) in [6.45, 7) is 7.32. The molecule has 1 N–H and O–H groups in total. The first-order valence-corrected chi connectivity index (χ1v) is 6.60. The largest absolute Gasteiger partial charge is 0.356 e. The molecule has 0 radical (unpaired) electrons. The van der Waals surface area contributed by atoms with Gasteiger partial charge in [0.15, 0.2) is 0 Å². The molecule has 0 aromatic rings. The number of hydrogen-bond acceptors (Lipinski definition) is 1. The first-order chi connectivity index (χ1) is 7.66. The fourth-order valence-corrected chi connectivity index (χ4v) is 1.41. The van der Waals surface area contributed by atoms with Crippen LogP contribution < -0.4 is 5.32 Å². The number of rotatable bonds is 9. The molecule has 1 amide bonds. The summed E-state index contributed by atoms with van der Waals surface area (Å²) in [6, 6.07) is 0. The highest BCUT2D eigenvalue weighted by atomic mass is 16.1. The number of carbonyl (C=O) groups is 1. The van der Waals surface area contributed by atoms with Gasteiger partial charge in [0.2, 0.25) is 5.91 Å². The zero-order valence-corrected chi connectivity index (χ0v) is 11.1. The van der Waals surface area contributed by atoms with E-state index in [1.54, 1.807) is 0 Å². The standard InChI is InChI=1S/C14H27NO/c1-4-5-12-15-14(16)11-9-7-6-8-10-13(2)3/h8,10,13H,4-7,9,11-12H2,1-3H3,(H,15,16)/b10-8+. The van der Waals surface area contributed by atoms with Crippen LogP contribution in [0.4, 0.5) is 0 Å². The molecule has 0 aromatic carbocycles.